The van der Waals surface area contributed by atoms with Crippen molar-refractivity contribution in [3.8, 4) is 5.75 Å². The van der Waals surface area contributed by atoms with Crippen LogP contribution in [-0.4, -0.2) is 39.5 Å². The number of carboxylic acids is 1. The van der Waals surface area contributed by atoms with Gasteiger partial charge in [-0.3, -0.25) is 4.79 Å². The van der Waals surface area contributed by atoms with Crippen LogP contribution >= 0.6 is 0 Å². The van der Waals surface area contributed by atoms with E-state index >= 15 is 0 Å². The summed E-state index contributed by atoms with van der Waals surface area (Å²) in [5, 5.41) is 9.70. The van der Waals surface area contributed by atoms with Crippen molar-refractivity contribution in [1.29, 1.82) is 0 Å². The minimum absolute atomic E-state index is 0.0941. The van der Waals surface area contributed by atoms with Crippen LogP contribution in [0.3, 0.4) is 0 Å². The van der Waals surface area contributed by atoms with Crippen LogP contribution in [0.4, 0.5) is 0 Å². The molecule has 0 radical (unpaired) electrons. The number of aromatic nitrogens is 1. The minimum atomic E-state index is -0.957. The molecule has 1 amide bonds. The van der Waals surface area contributed by atoms with E-state index in [4.69, 9.17) is 9.15 Å². The molecule has 1 aliphatic rings. The number of fused-ring (bicyclic) bond motifs is 1. The second kappa shape index (κ2) is 13.3. The predicted molar refractivity (Wildman–Crippen MR) is 140 cm³/mol. The largest absolute Gasteiger partial charge is 0.493 e. The summed E-state index contributed by atoms with van der Waals surface area (Å²) in [5.41, 5.74) is 2.78. The molecule has 0 saturated carbocycles. The van der Waals surface area contributed by atoms with E-state index in [0.717, 1.165) is 54.7 Å². The third-order valence-corrected chi connectivity index (χ3v) is 6.60. The van der Waals surface area contributed by atoms with Gasteiger partial charge in [0.1, 0.15) is 17.6 Å². The Morgan fingerprint density at radius 3 is 2.81 bits per heavy atom. The third-order valence-electron chi connectivity index (χ3n) is 6.60. The van der Waals surface area contributed by atoms with E-state index in [1.165, 1.54) is 4.90 Å². The highest BCUT2D eigenvalue weighted by molar-refractivity contribution is 5.84. The van der Waals surface area contributed by atoms with Gasteiger partial charge in [0.25, 0.3) is 0 Å². The first-order chi connectivity index (χ1) is 17.3. The number of rotatable bonds is 13. The molecule has 7 heteroatoms. The van der Waals surface area contributed by atoms with Crippen molar-refractivity contribution in [2.75, 3.05) is 6.61 Å². The normalized spacial score (nSPS) is 15.5. The van der Waals surface area contributed by atoms with Crippen molar-refractivity contribution in [1.82, 2.24) is 9.88 Å². The molecule has 3 rings (SSSR count). The Labute approximate surface area is 214 Å². The molecule has 1 aromatic heterocycles. The Balaban J connectivity index is 1.59. The number of carboxylic acid groups (broad SMARTS) is 1. The molecule has 7 nitrogen and oxygen atoms in total. The zero-order valence-electron chi connectivity index (χ0n) is 22.1. The number of aliphatic carboxylic acids is 1. The van der Waals surface area contributed by atoms with Crippen LogP contribution in [0.15, 0.2) is 28.7 Å². The molecule has 1 atom stereocenters. The molecule has 0 aliphatic carbocycles. The highest BCUT2D eigenvalue weighted by Crippen LogP contribution is 2.28. The second-order valence-electron chi connectivity index (χ2n) is 9.99. The van der Waals surface area contributed by atoms with Gasteiger partial charge in [-0.05, 0) is 61.4 Å². The molecule has 1 aromatic carbocycles. The minimum Gasteiger partial charge on any atom is -0.493 e. The number of carbonyl (C=O) groups excluding carboxylic acids is 1. The predicted octanol–water partition coefficient (Wildman–Crippen LogP) is 5.97. The van der Waals surface area contributed by atoms with Crippen molar-refractivity contribution in [3.05, 3.63) is 52.7 Å². The molecule has 2 heterocycles. The van der Waals surface area contributed by atoms with Gasteiger partial charge >= 0.3 is 5.97 Å². The Bertz CT molecular complexity index is 1060. The van der Waals surface area contributed by atoms with Crippen molar-refractivity contribution in [3.63, 3.8) is 0 Å². The highest BCUT2D eigenvalue weighted by Gasteiger charge is 2.34. The Kier molecular flexibility index (Phi) is 10.1. The SMILES string of the molecule is CCCCCC(=O)N1Cc2cc(OCCc3nc(/C=C/CCC(C)C)oc3C)ccc2C[C@H]1C(=O)O. The molecule has 2 aromatic rings. The zero-order valence-corrected chi connectivity index (χ0v) is 22.1. The molecular weight excluding hydrogens is 456 g/mol. The maximum atomic E-state index is 12.8. The average molecular weight is 497 g/mol. The first-order valence-electron chi connectivity index (χ1n) is 13.2. The summed E-state index contributed by atoms with van der Waals surface area (Å²) in [4.78, 5) is 30.7. The summed E-state index contributed by atoms with van der Waals surface area (Å²) < 4.78 is 11.8. The summed E-state index contributed by atoms with van der Waals surface area (Å²) in [5.74, 6) is 1.74. The van der Waals surface area contributed by atoms with E-state index in [-0.39, 0.29) is 5.91 Å². The summed E-state index contributed by atoms with van der Waals surface area (Å²) in [6, 6.07) is 4.90. The van der Waals surface area contributed by atoms with Crippen LogP contribution in [0.5, 0.6) is 5.75 Å². The van der Waals surface area contributed by atoms with Gasteiger partial charge < -0.3 is 19.2 Å². The number of unbranched alkanes of at least 4 members (excludes halogenated alkanes) is 2. The number of hydrogen-bond donors (Lipinski definition) is 1. The van der Waals surface area contributed by atoms with Gasteiger partial charge in [-0.15, -0.1) is 0 Å². The van der Waals surface area contributed by atoms with Gasteiger partial charge in [0.2, 0.25) is 11.8 Å². The van der Waals surface area contributed by atoms with E-state index in [1.807, 2.05) is 31.2 Å². The number of benzene rings is 1. The molecule has 196 valence electrons. The maximum Gasteiger partial charge on any atom is 0.326 e. The number of oxazole rings is 1. The number of nitrogens with zero attached hydrogens (tertiary/aromatic N) is 2. The fraction of sp³-hybridized carbons (Fsp3) is 0.552. The highest BCUT2D eigenvalue weighted by atomic mass is 16.5. The van der Waals surface area contributed by atoms with Crippen molar-refractivity contribution < 1.29 is 23.8 Å². The fourth-order valence-corrected chi connectivity index (χ4v) is 4.44. The van der Waals surface area contributed by atoms with E-state index in [1.54, 1.807) is 0 Å². The molecule has 0 fully saturated rings. The first kappa shape index (κ1) is 27.5. The van der Waals surface area contributed by atoms with Crippen LogP contribution in [0.1, 0.15) is 87.8 Å². The van der Waals surface area contributed by atoms with Crippen LogP contribution in [0, 0.1) is 12.8 Å². The zero-order chi connectivity index (χ0) is 26.1. The Morgan fingerprint density at radius 2 is 2.08 bits per heavy atom. The lowest BCUT2D eigenvalue weighted by Gasteiger charge is -2.34. The van der Waals surface area contributed by atoms with Gasteiger partial charge in [-0.25, -0.2) is 9.78 Å². The lowest BCUT2D eigenvalue weighted by atomic mass is 9.93. The topological polar surface area (TPSA) is 92.9 Å². The van der Waals surface area contributed by atoms with E-state index in [0.29, 0.717) is 50.0 Å². The smallest absolute Gasteiger partial charge is 0.326 e. The van der Waals surface area contributed by atoms with Crippen molar-refractivity contribution >= 4 is 18.0 Å². The van der Waals surface area contributed by atoms with Gasteiger partial charge in [0, 0.05) is 25.8 Å². The summed E-state index contributed by atoms with van der Waals surface area (Å²) in [7, 11) is 0. The summed E-state index contributed by atoms with van der Waals surface area (Å²) in [6.45, 7) is 9.15. The summed E-state index contributed by atoms with van der Waals surface area (Å²) >= 11 is 0. The Hall–Kier alpha value is -3.09. The van der Waals surface area contributed by atoms with Crippen molar-refractivity contribution in [2.24, 2.45) is 5.92 Å². The van der Waals surface area contributed by atoms with E-state index in [9.17, 15) is 14.7 Å². The van der Waals surface area contributed by atoms with E-state index in [2.05, 4.69) is 31.8 Å². The molecule has 0 spiro atoms. The average Bonchev–Trinajstić information content (AvgIpc) is 3.19. The number of allylic oxidation sites excluding steroid dienone is 1. The van der Waals surface area contributed by atoms with E-state index < -0.39 is 12.0 Å². The molecule has 1 N–H and O–H groups in total. The molecule has 0 saturated heterocycles. The Morgan fingerprint density at radius 1 is 1.28 bits per heavy atom. The second-order valence-corrected chi connectivity index (χ2v) is 9.99. The molecule has 36 heavy (non-hydrogen) atoms. The quantitative estimate of drug-likeness (QED) is 0.343. The van der Waals surface area contributed by atoms with Crippen molar-refractivity contribution in [2.45, 2.75) is 91.6 Å². The van der Waals surface area contributed by atoms with Gasteiger partial charge in [0.15, 0.2) is 0 Å². The summed E-state index contributed by atoms with van der Waals surface area (Å²) in [6.07, 6.45) is 10.3. The number of carbonyl (C=O) groups is 2. The lowest BCUT2D eigenvalue weighted by Crippen LogP contribution is -2.48. The van der Waals surface area contributed by atoms with Crippen LogP contribution in [-0.2, 0) is 29.0 Å². The molecular formula is C29H40N2O5. The fourth-order valence-electron chi connectivity index (χ4n) is 4.44. The molecule has 0 bridgehead atoms. The first-order valence-corrected chi connectivity index (χ1v) is 13.2. The van der Waals surface area contributed by atoms with Crippen LogP contribution in [0.25, 0.3) is 6.08 Å². The standard InChI is InChI=1S/C29H40N2O5/c1-5-6-7-12-28(32)31-19-23-17-24(14-13-22(23)18-26(31)29(33)34)35-16-15-25-21(4)36-27(30-25)11-9-8-10-20(2)3/h9,11,13-14,17,20,26H,5-8,10,12,15-16,18-19H2,1-4H3,(H,33,34)/b11-9+/t26-/m0/s1. The lowest BCUT2D eigenvalue weighted by molar-refractivity contribution is -0.151. The van der Waals surface area contributed by atoms with Gasteiger partial charge in [0.05, 0.1) is 12.3 Å². The molecule has 1 aliphatic heterocycles. The van der Waals surface area contributed by atoms with Crippen LogP contribution in [0.2, 0.25) is 0 Å². The number of hydrogen-bond acceptors (Lipinski definition) is 5. The monoisotopic (exact) mass is 496 g/mol. The van der Waals surface area contributed by atoms with Gasteiger partial charge in [-0.2, -0.15) is 0 Å². The molecule has 0 unspecified atom stereocenters. The number of aryl methyl sites for hydroxylation is 1. The van der Waals surface area contributed by atoms with Gasteiger partial charge in [-0.1, -0.05) is 45.8 Å². The third kappa shape index (κ3) is 7.70. The van der Waals surface area contributed by atoms with Crippen LogP contribution < -0.4 is 4.74 Å². The number of amides is 1. The maximum absolute atomic E-state index is 12.8. The number of ether oxygens (including phenoxy) is 1.